The van der Waals surface area contributed by atoms with E-state index in [1.807, 2.05) is 25.1 Å². The Morgan fingerprint density at radius 3 is 3.11 bits per heavy atom. The standard InChI is InChI=1S/C14H19NO3/c1-10(9-14(16)17-2)15-12-7-8-18-13-6-4-3-5-11(12)13/h3-6,10,12,15H,7-9H2,1-2H3. The molecule has 18 heavy (non-hydrogen) atoms. The SMILES string of the molecule is COC(=O)CC(C)NC1CCOc2ccccc21. The molecule has 0 aromatic heterocycles. The summed E-state index contributed by atoms with van der Waals surface area (Å²) in [6, 6.07) is 8.36. The van der Waals surface area contributed by atoms with E-state index in [4.69, 9.17) is 4.74 Å². The van der Waals surface area contributed by atoms with Crippen LogP contribution in [0.4, 0.5) is 0 Å². The zero-order valence-electron chi connectivity index (χ0n) is 10.8. The molecule has 1 aliphatic rings. The quantitative estimate of drug-likeness (QED) is 0.830. The fourth-order valence-electron chi connectivity index (χ4n) is 2.25. The van der Waals surface area contributed by atoms with Gasteiger partial charge < -0.3 is 14.8 Å². The van der Waals surface area contributed by atoms with E-state index in [2.05, 4.69) is 16.1 Å². The van der Waals surface area contributed by atoms with Crippen molar-refractivity contribution in [2.24, 2.45) is 0 Å². The van der Waals surface area contributed by atoms with Gasteiger partial charge in [-0.2, -0.15) is 0 Å². The van der Waals surface area contributed by atoms with Crippen LogP contribution in [0.5, 0.6) is 5.75 Å². The first kappa shape index (κ1) is 12.9. The number of hydrogen-bond acceptors (Lipinski definition) is 4. The molecule has 0 bridgehead atoms. The highest BCUT2D eigenvalue weighted by atomic mass is 16.5. The van der Waals surface area contributed by atoms with Crippen molar-refractivity contribution in [3.8, 4) is 5.75 Å². The van der Waals surface area contributed by atoms with Gasteiger partial charge in [-0.1, -0.05) is 18.2 Å². The summed E-state index contributed by atoms with van der Waals surface area (Å²) in [6.45, 7) is 2.70. The van der Waals surface area contributed by atoms with Crippen molar-refractivity contribution in [2.45, 2.75) is 31.8 Å². The summed E-state index contributed by atoms with van der Waals surface area (Å²) in [4.78, 5) is 11.2. The summed E-state index contributed by atoms with van der Waals surface area (Å²) in [6.07, 6.45) is 1.30. The summed E-state index contributed by atoms with van der Waals surface area (Å²) in [5, 5.41) is 3.46. The second kappa shape index (κ2) is 5.87. The van der Waals surface area contributed by atoms with Gasteiger partial charge in [0.1, 0.15) is 5.75 Å². The molecule has 0 fully saturated rings. The number of rotatable bonds is 4. The minimum atomic E-state index is -0.185. The molecule has 0 saturated carbocycles. The molecule has 0 radical (unpaired) electrons. The van der Waals surface area contributed by atoms with E-state index in [1.165, 1.54) is 12.7 Å². The number of ether oxygens (including phenoxy) is 2. The van der Waals surface area contributed by atoms with Crippen molar-refractivity contribution >= 4 is 5.97 Å². The summed E-state index contributed by atoms with van der Waals surface area (Å²) < 4.78 is 10.3. The summed E-state index contributed by atoms with van der Waals surface area (Å²) in [5.41, 5.74) is 1.17. The van der Waals surface area contributed by atoms with Gasteiger partial charge in [-0.3, -0.25) is 4.79 Å². The van der Waals surface area contributed by atoms with Gasteiger partial charge in [-0.25, -0.2) is 0 Å². The molecule has 0 spiro atoms. The van der Waals surface area contributed by atoms with E-state index in [0.29, 0.717) is 13.0 Å². The number of esters is 1. The number of nitrogens with one attached hydrogen (secondary N) is 1. The lowest BCUT2D eigenvalue weighted by molar-refractivity contribution is -0.141. The normalized spacial score (nSPS) is 19.6. The molecule has 1 heterocycles. The Hall–Kier alpha value is -1.55. The van der Waals surface area contributed by atoms with Crippen LogP contribution in [0.15, 0.2) is 24.3 Å². The van der Waals surface area contributed by atoms with Crippen LogP contribution >= 0.6 is 0 Å². The summed E-state index contributed by atoms with van der Waals surface area (Å²) in [7, 11) is 1.42. The van der Waals surface area contributed by atoms with Crippen LogP contribution in [0.1, 0.15) is 31.4 Å². The molecule has 4 nitrogen and oxygen atoms in total. The van der Waals surface area contributed by atoms with E-state index in [-0.39, 0.29) is 18.1 Å². The maximum Gasteiger partial charge on any atom is 0.307 e. The van der Waals surface area contributed by atoms with Crippen molar-refractivity contribution < 1.29 is 14.3 Å². The highest BCUT2D eigenvalue weighted by Crippen LogP contribution is 2.31. The predicted molar refractivity (Wildman–Crippen MR) is 68.5 cm³/mol. The lowest BCUT2D eigenvalue weighted by Crippen LogP contribution is -2.35. The largest absolute Gasteiger partial charge is 0.493 e. The second-order valence-electron chi connectivity index (χ2n) is 4.58. The molecule has 2 rings (SSSR count). The Balaban J connectivity index is 2.00. The van der Waals surface area contributed by atoms with Crippen LogP contribution in [0.3, 0.4) is 0 Å². The van der Waals surface area contributed by atoms with Gasteiger partial charge >= 0.3 is 5.97 Å². The minimum Gasteiger partial charge on any atom is -0.493 e. The number of carbonyl (C=O) groups is 1. The monoisotopic (exact) mass is 249 g/mol. The second-order valence-corrected chi connectivity index (χ2v) is 4.58. The first-order chi connectivity index (χ1) is 8.70. The van der Waals surface area contributed by atoms with E-state index in [9.17, 15) is 4.79 Å². The van der Waals surface area contributed by atoms with Gasteiger partial charge in [-0.05, 0) is 13.0 Å². The fourth-order valence-corrected chi connectivity index (χ4v) is 2.25. The molecule has 1 aromatic carbocycles. The molecule has 4 heteroatoms. The number of methoxy groups -OCH3 is 1. The Morgan fingerprint density at radius 2 is 2.33 bits per heavy atom. The van der Waals surface area contributed by atoms with Gasteiger partial charge in [0.25, 0.3) is 0 Å². The Kier molecular flexibility index (Phi) is 4.20. The molecular formula is C14H19NO3. The first-order valence-corrected chi connectivity index (χ1v) is 6.25. The molecule has 2 unspecified atom stereocenters. The van der Waals surface area contributed by atoms with E-state index in [1.54, 1.807) is 0 Å². The highest BCUT2D eigenvalue weighted by Gasteiger charge is 2.22. The number of benzene rings is 1. The molecule has 1 aliphatic heterocycles. The number of fused-ring (bicyclic) bond motifs is 1. The van der Waals surface area contributed by atoms with Gasteiger partial charge in [0.05, 0.1) is 20.1 Å². The van der Waals surface area contributed by atoms with Crippen molar-refractivity contribution in [1.29, 1.82) is 0 Å². The van der Waals surface area contributed by atoms with E-state index in [0.717, 1.165) is 12.2 Å². The first-order valence-electron chi connectivity index (χ1n) is 6.25. The molecular weight excluding hydrogens is 230 g/mol. The Bertz CT molecular complexity index is 419. The Morgan fingerprint density at radius 1 is 1.56 bits per heavy atom. The molecule has 98 valence electrons. The van der Waals surface area contributed by atoms with Crippen LogP contribution in [0.2, 0.25) is 0 Å². The molecule has 0 aliphatic carbocycles. The number of para-hydroxylation sites is 1. The topological polar surface area (TPSA) is 47.6 Å². The van der Waals surface area contributed by atoms with E-state index >= 15 is 0 Å². The van der Waals surface area contributed by atoms with E-state index < -0.39 is 0 Å². The van der Waals surface area contributed by atoms with Gasteiger partial charge in [0, 0.05) is 24.1 Å². The average molecular weight is 249 g/mol. The smallest absolute Gasteiger partial charge is 0.307 e. The average Bonchev–Trinajstić information content (AvgIpc) is 2.39. The maximum absolute atomic E-state index is 11.2. The molecule has 1 N–H and O–H groups in total. The van der Waals surface area contributed by atoms with Gasteiger partial charge in [-0.15, -0.1) is 0 Å². The molecule has 1 aromatic rings. The third kappa shape index (κ3) is 3.01. The molecule has 0 amide bonds. The lowest BCUT2D eigenvalue weighted by atomic mass is 9.99. The Labute approximate surface area is 107 Å². The zero-order valence-corrected chi connectivity index (χ0v) is 10.8. The van der Waals surface area contributed by atoms with Crippen molar-refractivity contribution in [3.63, 3.8) is 0 Å². The van der Waals surface area contributed by atoms with Crippen molar-refractivity contribution in [3.05, 3.63) is 29.8 Å². The number of carbonyl (C=O) groups excluding carboxylic acids is 1. The van der Waals surface area contributed by atoms with Gasteiger partial charge in [0.15, 0.2) is 0 Å². The van der Waals surface area contributed by atoms with Crippen LogP contribution < -0.4 is 10.1 Å². The van der Waals surface area contributed by atoms with Gasteiger partial charge in [0.2, 0.25) is 0 Å². The van der Waals surface area contributed by atoms with Crippen LogP contribution in [0, 0.1) is 0 Å². The minimum absolute atomic E-state index is 0.0913. The highest BCUT2D eigenvalue weighted by molar-refractivity contribution is 5.69. The third-order valence-corrected chi connectivity index (χ3v) is 3.14. The van der Waals surface area contributed by atoms with Crippen LogP contribution in [-0.4, -0.2) is 25.7 Å². The fraction of sp³-hybridized carbons (Fsp3) is 0.500. The van der Waals surface area contributed by atoms with Crippen molar-refractivity contribution in [1.82, 2.24) is 5.32 Å². The predicted octanol–water partition coefficient (Wildman–Crippen LogP) is 2.05. The molecule has 0 saturated heterocycles. The third-order valence-electron chi connectivity index (χ3n) is 3.14. The van der Waals surface area contributed by atoms with Crippen molar-refractivity contribution in [2.75, 3.05) is 13.7 Å². The van der Waals surface area contributed by atoms with Crippen LogP contribution in [0.25, 0.3) is 0 Å². The zero-order chi connectivity index (χ0) is 13.0. The summed E-state index contributed by atoms with van der Waals surface area (Å²) in [5.74, 6) is 0.752. The lowest BCUT2D eigenvalue weighted by Gasteiger charge is -2.29. The maximum atomic E-state index is 11.2. The molecule has 2 atom stereocenters. The summed E-state index contributed by atoms with van der Waals surface area (Å²) >= 11 is 0. The van der Waals surface area contributed by atoms with Crippen LogP contribution in [-0.2, 0) is 9.53 Å². The number of hydrogen-bond donors (Lipinski definition) is 1.